The number of allylic oxidation sites excluding steroid dienone is 2. The van der Waals surface area contributed by atoms with E-state index >= 15 is 0 Å². The number of ether oxygens (including phenoxy) is 1. The molecule has 2 saturated heterocycles. The molecule has 0 aromatic carbocycles. The second-order valence-corrected chi connectivity index (χ2v) is 7.44. The fourth-order valence-corrected chi connectivity index (χ4v) is 3.31. The number of hydrogen-bond acceptors (Lipinski definition) is 3. The quantitative estimate of drug-likeness (QED) is 0.778. The van der Waals surface area contributed by atoms with Gasteiger partial charge in [-0.25, -0.2) is 9.59 Å². The van der Waals surface area contributed by atoms with Crippen molar-refractivity contribution in [1.29, 1.82) is 0 Å². The lowest BCUT2D eigenvalue weighted by Gasteiger charge is -2.34. The third-order valence-electron chi connectivity index (χ3n) is 4.47. The summed E-state index contributed by atoms with van der Waals surface area (Å²) in [6, 6.07) is 0.00128. The number of urea groups is 1. The summed E-state index contributed by atoms with van der Waals surface area (Å²) in [6.45, 7) is 7.08. The number of amides is 3. The minimum absolute atomic E-state index is 0.0476. The average Bonchev–Trinajstić information content (AvgIpc) is 2.84. The molecule has 2 atom stereocenters. The van der Waals surface area contributed by atoms with Crippen molar-refractivity contribution >= 4 is 12.1 Å². The van der Waals surface area contributed by atoms with Gasteiger partial charge in [0, 0.05) is 13.1 Å². The van der Waals surface area contributed by atoms with E-state index in [9.17, 15) is 9.59 Å². The van der Waals surface area contributed by atoms with Crippen LogP contribution in [0.2, 0.25) is 0 Å². The highest BCUT2D eigenvalue weighted by Crippen LogP contribution is 2.29. The molecular formula is C17H25N3O3. The van der Waals surface area contributed by atoms with Gasteiger partial charge in [-0.2, -0.15) is 0 Å². The van der Waals surface area contributed by atoms with Crippen molar-refractivity contribution in [3.63, 3.8) is 0 Å². The molecule has 0 radical (unpaired) electrons. The lowest BCUT2D eigenvalue weighted by atomic mass is 9.84. The molecule has 2 unspecified atom stereocenters. The largest absolute Gasteiger partial charge is 0.444 e. The van der Waals surface area contributed by atoms with Crippen molar-refractivity contribution in [1.82, 2.24) is 15.5 Å². The van der Waals surface area contributed by atoms with Crippen LogP contribution in [0.25, 0.3) is 0 Å². The van der Waals surface area contributed by atoms with Gasteiger partial charge in [-0.1, -0.05) is 18.2 Å². The molecule has 0 spiro atoms. The van der Waals surface area contributed by atoms with Gasteiger partial charge < -0.3 is 20.3 Å². The highest BCUT2D eigenvalue weighted by atomic mass is 16.6. The van der Waals surface area contributed by atoms with Gasteiger partial charge in [0.15, 0.2) is 0 Å². The third-order valence-corrected chi connectivity index (χ3v) is 4.47. The highest BCUT2D eigenvalue weighted by Gasteiger charge is 2.33. The molecule has 2 aliphatic heterocycles. The van der Waals surface area contributed by atoms with E-state index in [1.807, 2.05) is 20.8 Å². The van der Waals surface area contributed by atoms with Gasteiger partial charge in [0.25, 0.3) is 0 Å². The van der Waals surface area contributed by atoms with Crippen LogP contribution in [-0.4, -0.2) is 47.8 Å². The maximum Gasteiger partial charge on any atom is 0.410 e. The highest BCUT2D eigenvalue weighted by molar-refractivity contribution is 5.78. The first-order valence-corrected chi connectivity index (χ1v) is 8.27. The van der Waals surface area contributed by atoms with Gasteiger partial charge in [-0.3, -0.25) is 0 Å². The number of piperidine rings is 1. The maximum absolute atomic E-state index is 12.1. The van der Waals surface area contributed by atoms with Crippen LogP contribution in [0.5, 0.6) is 0 Å². The van der Waals surface area contributed by atoms with Gasteiger partial charge in [-0.15, -0.1) is 0 Å². The zero-order valence-electron chi connectivity index (χ0n) is 14.0. The summed E-state index contributed by atoms with van der Waals surface area (Å²) in [5, 5.41) is 5.79. The molecule has 2 N–H and O–H groups in total. The summed E-state index contributed by atoms with van der Waals surface area (Å²) in [7, 11) is 0. The van der Waals surface area contributed by atoms with Crippen LogP contribution in [-0.2, 0) is 4.74 Å². The van der Waals surface area contributed by atoms with Crippen LogP contribution in [0.15, 0.2) is 23.8 Å². The number of carbonyl (C=O) groups excluding carboxylic acids is 2. The van der Waals surface area contributed by atoms with Crippen LogP contribution in [0.1, 0.15) is 33.6 Å². The van der Waals surface area contributed by atoms with E-state index in [4.69, 9.17) is 4.74 Å². The molecule has 0 aromatic rings. The van der Waals surface area contributed by atoms with Crippen LogP contribution in [0.4, 0.5) is 9.59 Å². The molecule has 3 rings (SSSR count). The van der Waals surface area contributed by atoms with Crippen molar-refractivity contribution in [3.05, 3.63) is 23.8 Å². The molecule has 0 bridgehead atoms. The molecule has 0 aromatic heterocycles. The number of nitrogens with one attached hydrogen (secondary N) is 2. The van der Waals surface area contributed by atoms with E-state index < -0.39 is 5.60 Å². The standard InChI is InChI=1S/C17H25N3O3/c1-17(2,3)23-16(22)20-8-6-11(7-9-20)12-4-5-13-14(10-12)19-15(21)18-13/h4-5,10-11,13-14H,6-9H2,1-3H3,(H2,18,19,21). The summed E-state index contributed by atoms with van der Waals surface area (Å²) in [6.07, 6.45) is 7.94. The van der Waals surface area contributed by atoms with Crippen LogP contribution in [0, 0.1) is 5.92 Å². The zero-order chi connectivity index (χ0) is 16.6. The van der Waals surface area contributed by atoms with E-state index in [1.54, 1.807) is 4.90 Å². The molecule has 3 aliphatic rings. The molecule has 6 heteroatoms. The normalized spacial score (nSPS) is 27.9. The summed E-state index contributed by atoms with van der Waals surface area (Å²) in [4.78, 5) is 25.3. The molecule has 1 aliphatic carbocycles. The Morgan fingerprint density at radius 2 is 1.87 bits per heavy atom. The lowest BCUT2D eigenvalue weighted by Crippen LogP contribution is -2.42. The number of fused-ring (bicyclic) bond motifs is 1. The molecule has 3 amide bonds. The Hall–Kier alpha value is -1.98. The molecule has 126 valence electrons. The average molecular weight is 319 g/mol. The number of hydrogen-bond donors (Lipinski definition) is 2. The molecule has 2 heterocycles. The van der Waals surface area contributed by atoms with Gasteiger partial charge in [-0.05, 0) is 45.1 Å². The maximum atomic E-state index is 12.1. The van der Waals surface area contributed by atoms with E-state index in [0.717, 1.165) is 12.8 Å². The number of carbonyl (C=O) groups is 2. The Balaban J connectivity index is 1.55. The number of likely N-dealkylation sites (tertiary alicyclic amines) is 1. The lowest BCUT2D eigenvalue weighted by molar-refractivity contribution is 0.0195. The van der Waals surface area contributed by atoms with Gasteiger partial charge in [0.2, 0.25) is 0 Å². The zero-order valence-corrected chi connectivity index (χ0v) is 14.0. The van der Waals surface area contributed by atoms with Crippen molar-refractivity contribution in [2.75, 3.05) is 13.1 Å². The topological polar surface area (TPSA) is 70.7 Å². The fraction of sp³-hybridized carbons (Fsp3) is 0.647. The van der Waals surface area contributed by atoms with E-state index in [-0.39, 0.29) is 24.2 Å². The summed E-state index contributed by atoms with van der Waals surface area (Å²) >= 11 is 0. The summed E-state index contributed by atoms with van der Waals surface area (Å²) in [5.74, 6) is 0.434. The Morgan fingerprint density at radius 1 is 1.22 bits per heavy atom. The monoisotopic (exact) mass is 319 g/mol. The van der Waals surface area contributed by atoms with Crippen LogP contribution < -0.4 is 10.6 Å². The van der Waals surface area contributed by atoms with Crippen LogP contribution in [0.3, 0.4) is 0 Å². The van der Waals surface area contributed by atoms with E-state index in [1.165, 1.54) is 5.57 Å². The smallest absolute Gasteiger partial charge is 0.410 e. The molecule has 23 heavy (non-hydrogen) atoms. The first-order chi connectivity index (χ1) is 10.8. The minimum Gasteiger partial charge on any atom is -0.444 e. The van der Waals surface area contributed by atoms with Gasteiger partial charge in [0.05, 0.1) is 12.1 Å². The van der Waals surface area contributed by atoms with Crippen molar-refractivity contribution < 1.29 is 14.3 Å². The van der Waals surface area contributed by atoms with Crippen molar-refractivity contribution in [2.24, 2.45) is 5.92 Å². The van der Waals surface area contributed by atoms with Gasteiger partial charge in [0.1, 0.15) is 5.60 Å². The van der Waals surface area contributed by atoms with Crippen molar-refractivity contribution in [3.8, 4) is 0 Å². The summed E-state index contributed by atoms with van der Waals surface area (Å²) in [5.41, 5.74) is 0.810. The molecule has 2 fully saturated rings. The summed E-state index contributed by atoms with van der Waals surface area (Å²) < 4.78 is 5.43. The van der Waals surface area contributed by atoms with E-state index in [2.05, 4.69) is 28.9 Å². The van der Waals surface area contributed by atoms with Crippen LogP contribution >= 0.6 is 0 Å². The minimum atomic E-state index is -0.453. The second-order valence-electron chi connectivity index (χ2n) is 7.44. The Bertz CT molecular complexity index is 554. The first kappa shape index (κ1) is 15.9. The number of rotatable bonds is 1. The second kappa shape index (κ2) is 5.91. The molecule has 6 nitrogen and oxygen atoms in total. The predicted octanol–water partition coefficient (Wildman–Crippen LogP) is 2.18. The number of nitrogens with zero attached hydrogens (tertiary/aromatic N) is 1. The van der Waals surface area contributed by atoms with E-state index in [0.29, 0.717) is 19.0 Å². The Kier molecular flexibility index (Phi) is 4.08. The fourth-order valence-electron chi connectivity index (χ4n) is 3.31. The third kappa shape index (κ3) is 3.68. The Morgan fingerprint density at radius 3 is 2.52 bits per heavy atom. The molecule has 0 saturated carbocycles. The molecular weight excluding hydrogens is 294 g/mol. The first-order valence-electron chi connectivity index (χ1n) is 8.27. The SMILES string of the molecule is CC(C)(C)OC(=O)N1CCC(C2=CC3NC(=O)NC3C=C2)CC1. The predicted molar refractivity (Wildman–Crippen MR) is 87.0 cm³/mol. The van der Waals surface area contributed by atoms with Gasteiger partial charge >= 0.3 is 12.1 Å². The Labute approximate surface area is 136 Å². The van der Waals surface area contributed by atoms with Crippen molar-refractivity contribution in [2.45, 2.75) is 51.3 Å².